The summed E-state index contributed by atoms with van der Waals surface area (Å²) in [4.78, 5) is 11.9. The van der Waals surface area contributed by atoms with E-state index >= 15 is 0 Å². The van der Waals surface area contributed by atoms with Crippen molar-refractivity contribution in [2.75, 3.05) is 13.1 Å². The molecule has 15 heavy (non-hydrogen) atoms. The molecule has 0 atom stereocenters. The third-order valence-electron chi connectivity index (χ3n) is 3.43. The molecular weight excluding hydrogens is 190 g/mol. The highest BCUT2D eigenvalue weighted by molar-refractivity contribution is 5.73. The predicted molar refractivity (Wildman–Crippen MR) is 60.6 cm³/mol. The second-order valence-corrected chi connectivity index (χ2v) is 5.20. The van der Waals surface area contributed by atoms with Gasteiger partial charge in [-0.25, -0.2) is 0 Å². The Labute approximate surface area is 92.6 Å². The Morgan fingerprint density at radius 2 is 1.87 bits per heavy atom. The number of hydrogen-bond acceptors (Lipinski definition) is 3. The van der Waals surface area contributed by atoms with Crippen LogP contribution >= 0.6 is 0 Å². The maximum absolute atomic E-state index is 11.9. The maximum Gasteiger partial charge on any atom is 0.309 e. The second-order valence-electron chi connectivity index (χ2n) is 5.20. The molecule has 0 saturated carbocycles. The highest BCUT2D eigenvalue weighted by atomic mass is 16.6. The molecule has 0 amide bonds. The van der Waals surface area contributed by atoms with Crippen LogP contribution in [0.3, 0.4) is 0 Å². The lowest BCUT2D eigenvalue weighted by atomic mass is 9.93. The number of piperidine rings is 1. The molecule has 1 heterocycles. The van der Waals surface area contributed by atoms with E-state index in [2.05, 4.69) is 19.2 Å². The topological polar surface area (TPSA) is 38.3 Å². The van der Waals surface area contributed by atoms with E-state index in [4.69, 9.17) is 4.74 Å². The van der Waals surface area contributed by atoms with Gasteiger partial charge in [0.25, 0.3) is 0 Å². The molecule has 88 valence electrons. The lowest BCUT2D eigenvalue weighted by Gasteiger charge is -2.32. The molecule has 1 rings (SSSR count). The summed E-state index contributed by atoms with van der Waals surface area (Å²) in [7, 11) is 0. The van der Waals surface area contributed by atoms with Crippen molar-refractivity contribution < 1.29 is 9.53 Å². The van der Waals surface area contributed by atoms with Crippen LogP contribution in [-0.4, -0.2) is 24.7 Å². The standard InChI is InChI=1S/C12H23NO2/c1-9(2)12(3,4)15-11(14)10-5-7-13-8-6-10/h9-10,13H,5-8H2,1-4H3. The Bertz CT molecular complexity index is 218. The van der Waals surface area contributed by atoms with Crippen LogP contribution in [0, 0.1) is 11.8 Å². The number of rotatable bonds is 3. The molecule has 3 nitrogen and oxygen atoms in total. The van der Waals surface area contributed by atoms with Crippen LogP contribution in [0.2, 0.25) is 0 Å². The van der Waals surface area contributed by atoms with E-state index in [-0.39, 0.29) is 17.5 Å². The zero-order valence-corrected chi connectivity index (χ0v) is 10.3. The summed E-state index contributed by atoms with van der Waals surface area (Å²) in [5, 5.41) is 3.25. The first-order valence-electron chi connectivity index (χ1n) is 5.87. The SMILES string of the molecule is CC(C)C(C)(C)OC(=O)C1CCNCC1. The van der Waals surface area contributed by atoms with Gasteiger partial charge in [0, 0.05) is 0 Å². The van der Waals surface area contributed by atoms with Crippen LogP contribution in [0.4, 0.5) is 0 Å². The van der Waals surface area contributed by atoms with Gasteiger partial charge in [0.05, 0.1) is 5.92 Å². The number of ether oxygens (including phenoxy) is 1. The van der Waals surface area contributed by atoms with Gasteiger partial charge in [-0.1, -0.05) is 13.8 Å². The Morgan fingerprint density at radius 1 is 1.33 bits per heavy atom. The predicted octanol–water partition coefficient (Wildman–Crippen LogP) is 1.96. The molecule has 1 saturated heterocycles. The van der Waals surface area contributed by atoms with E-state index in [1.165, 1.54) is 0 Å². The second kappa shape index (κ2) is 4.97. The van der Waals surface area contributed by atoms with Gasteiger partial charge in [0.15, 0.2) is 0 Å². The largest absolute Gasteiger partial charge is 0.459 e. The number of carbonyl (C=O) groups is 1. The Morgan fingerprint density at radius 3 is 2.33 bits per heavy atom. The molecule has 1 aliphatic heterocycles. The summed E-state index contributed by atoms with van der Waals surface area (Å²) in [5.41, 5.74) is -0.345. The van der Waals surface area contributed by atoms with Crippen LogP contribution in [0.25, 0.3) is 0 Å². The monoisotopic (exact) mass is 213 g/mol. The molecule has 0 aromatic heterocycles. The van der Waals surface area contributed by atoms with Gasteiger partial charge in [0.2, 0.25) is 0 Å². The van der Waals surface area contributed by atoms with Gasteiger partial charge >= 0.3 is 5.97 Å². The minimum atomic E-state index is -0.345. The van der Waals surface area contributed by atoms with E-state index in [1.54, 1.807) is 0 Å². The van der Waals surface area contributed by atoms with Crippen molar-refractivity contribution in [2.45, 2.75) is 46.1 Å². The fraction of sp³-hybridized carbons (Fsp3) is 0.917. The van der Waals surface area contributed by atoms with Crippen molar-refractivity contribution in [2.24, 2.45) is 11.8 Å². The van der Waals surface area contributed by atoms with E-state index in [0.717, 1.165) is 25.9 Å². The zero-order valence-electron chi connectivity index (χ0n) is 10.3. The molecule has 0 radical (unpaired) electrons. The summed E-state index contributed by atoms with van der Waals surface area (Å²) in [6.07, 6.45) is 1.82. The fourth-order valence-electron chi connectivity index (χ4n) is 1.52. The van der Waals surface area contributed by atoms with Gasteiger partial charge in [-0.3, -0.25) is 4.79 Å². The van der Waals surface area contributed by atoms with E-state index in [9.17, 15) is 4.79 Å². The molecule has 0 unspecified atom stereocenters. The van der Waals surface area contributed by atoms with Crippen molar-refractivity contribution >= 4 is 5.97 Å². The van der Waals surface area contributed by atoms with Crippen molar-refractivity contribution in [3.05, 3.63) is 0 Å². The third kappa shape index (κ3) is 3.49. The van der Waals surface area contributed by atoms with E-state index in [1.807, 2.05) is 13.8 Å². The number of carbonyl (C=O) groups excluding carboxylic acids is 1. The van der Waals surface area contributed by atoms with Crippen LogP contribution < -0.4 is 5.32 Å². The van der Waals surface area contributed by atoms with Crippen molar-refractivity contribution in [3.8, 4) is 0 Å². The molecule has 1 N–H and O–H groups in total. The van der Waals surface area contributed by atoms with Gasteiger partial charge in [-0.05, 0) is 45.7 Å². The van der Waals surface area contributed by atoms with Gasteiger partial charge in [-0.15, -0.1) is 0 Å². The molecular formula is C12H23NO2. The number of hydrogen-bond donors (Lipinski definition) is 1. The Balaban J connectivity index is 2.47. The molecule has 0 aromatic carbocycles. The first kappa shape index (κ1) is 12.5. The van der Waals surface area contributed by atoms with E-state index in [0.29, 0.717) is 5.92 Å². The van der Waals surface area contributed by atoms with Gasteiger partial charge < -0.3 is 10.1 Å². The van der Waals surface area contributed by atoms with Gasteiger partial charge in [-0.2, -0.15) is 0 Å². The number of nitrogens with one attached hydrogen (secondary N) is 1. The highest BCUT2D eigenvalue weighted by Gasteiger charge is 2.31. The molecule has 0 bridgehead atoms. The summed E-state index contributed by atoms with van der Waals surface area (Å²) >= 11 is 0. The maximum atomic E-state index is 11.9. The van der Waals surface area contributed by atoms with Crippen LogP contribution in [0.5, 0.6) is 0 Å². The van der Waals surface area contributed by atoms with Crippen LogP contribution in [-0.2, 0) is 9.53 Å². The third-order valence-corrected chi connectivity index (χ3v) is 3.43. The first-order chi connectivity index (χ1) is 6.93. The lowest BCUT2D eigenvalue weighted by molar-refractivity contribution is -0.166. The highest BCUT2D eigenvalue weighted by Crippen LogP contribution is 2.24. The zero-order chi connectivity index (χ0) is 11.5. The van der Waals surface area contributed by atoms with Crippen LogP contribution in [0.15, 0.2) is 0 Å². The molecule has 1 fully saturated rings. The van der Waals surface area contributed by atoms with Crippen LogP contribution in [0.1, 0.15) is 40.5 Å². The summed E-state index contributed by atoms with van der Waals surface area (Å²) in [5.74, 6) is 0.433. The van der Waals surface area contributed by atoms with Crippen molar-refractivity contribution in [1.82, 2.24) is 5.32 Å². The van der Waals surface area contributed by atoms with Crippen molar-refractivity contribution in [1.29, 1.82) is 0 Å². The number of esters is 1. The average Bonchev–Trinajstić information content (AvgIpc) is 2.18. The average molecular weight is 213 g/mol. The molecule has 3 heteroatoms. The molecule has 0 aromatic rings. The Hall–Kier alpha value is -0.570. The minimum Gasteiger partial charge on any atom is -0.459 e. The van der Waals surface area contributed by atoms with Crippen molar-refractivity contribution in [3.63, 3.8) is 0 Å². The minimum absolute atomic E-state index is 0.0183. The Kier molecular flexibility index (Phi) is 4.14. The summed E-state index contributed by atoms with van der Waals surface area (Å²) in [6, 6.07) is 0. The fourth-order valence-corrected chi connectivity index (χ4v) is 1.52. The lowest BCUT2D eigenvalue weighted by Crippen LogP contribution is -2.39. The normalized spacial score (nSPS) is 19.3. The quantitative estimate of drug-likeness (QED) is 0.728. The van der Waals surface area contributed by atoms with Gasteiger partial charge in [0.1, 0.15) is 5.60 Å². The molecule has 0 spiro atoms. The first-order valence-corrected chi connectivity index (χ1v) is 5.87. The molecule has 0 aliphatic carbocycles. The molecule has 1 aliphatic rings. The smallest absolute Gasteiger partial charge is 0.309 e. The summed E-state index contributed by atoms with van der Waals surface area (Å²) in [6.45, 7) is 9.99. The summed E-state index contributed by atoms with van der Waals surface area (Å²) < 4.78 is 5.57. The van der Waals surface area contributed by atoms with E-state index < -0.39 is 0 Å².